The van der Waals surface area contributed by atoms with Crippen LogP contribution in [0.2, 0.25) is 5.02 Å². The number of nitrogens with one attached hydrogen (secondary N) is 1. The van der Waals surface area contributed by atoms with Crippen LogP contribution in [0.3, 0.4) is 0 Å². The van der Waals surface area contributed by atoms with Gasteiger partial charge in [0.25, 0.3) is 0 Å². The summed E-state index contributed by atoms with van der Waals surface area (Å²) in [5.74, 6) is 0.244. The maximum atomic E-state index is 13.0. The van der Waals surface area contributed by atoms with Crippen LogP contribution in [0.5, 0.6) is 0 Å². The summed E-state index contributed by atoms with van der Waals surface area (Å²) < 4.78 is 0. The van der Waals surface area contributed by atoms with Crippen molar-refractivity contribution in [2.45, 2.75) is 73.3 Å². The molecule has 0 fully saturated rings. The van der Waals surface area contributed by atoms with Gasteiger partial charge in [-0.05, 0) is 43.2 Å². The molecule has 2 amide bonds. The molecule has 0 aliphatic carbocycles. The maximum Gasteiger partial charge on any atom is 0.227 e. The fourth-order valence-corrected chi connectivity index (χ4v) is 4.62. The van der Waals surface area contributed by atoms with Gasteiger partial charge in [-0.2, -0.15) is 0 Å². The lowest BCUT2D eigenvalue weighted by Crippen LogP contribution is -2.41. The first kappa shape index (κ1) is 26.3. The van der Waals surface area contributed by atoms with Gasteiger partial charge in [0, 0.05) is 36.0 Å². The highest BCUT2D eigenvalue weighted by Crippen LogP contribution is 2.28. The molecule has 2 atom stereocenters. The first-order chi connectivity index (χ1) is 15.0. The lowest BCUT2D eigenvalue weighted by atomic mass is 9.84. The van der Waals surface area contributed by atoms with E-state index in [1.807, 2.05) is 24.0 Å². The SMILES string of the molecule is CC[C@@H](C)N(CCC(=O)Nc1nnc(-c2ccc(Cl)cc2)s1)C(=O)C[C@@H](C)CC(C)(C)C. The third-order valence-electron chi connectivity index (χ3n) is 5.27. The molecule has 32 heavy (non-hydrogen) atoms. The van der Waals surface area contributed by atoms with E-state index < -0.39 is 0 Å². The number of carbonyl (C=O) groups excluding carboxylic acids is 2. The Morgan fingerprint density at radius 3 is 2.41 bits per heavy atom. The smallest absolute Gasteiger partial charge is 0.227 e. The van der Waals surface area contributed by atoms with E-state index in [0.29, 0.717) is 34.0 Å². The summed E-state index contributed by atoms with van der Waals surface area (Å²) in [5, 5.41) is 12.8. The van der Waals surface area contributed by atoms with E-state index in [9.17, 15) is 9.59 Å². The summed E-state index contributed by atoms with van der Waals surface area (Å²) in [6, 6.07) is 7.41. The Morgan fingerprint density at radius 1 is 1.16 bits per heavy atom. The van der Waals surface area contributed by atoms with E-state index in [1.54, 1.807) is 12.1 Å². The van der Waals surface area contributed by atoms with Gasteiger partial charge in [0.1, 0.15) is 5.01 Å². The molecule has 1 aromatic carbocycles. The van der Waals surface area contributed by atoms with Crippen molar-refractivity contribution < 1.29 is 9.59 Å². The monoisotopic (exact) mass is 478 g/mol. The topological polar surface area (TPSA) is 75.2 Å². The Kier molecular flexibility index (Phi) is 9.64. The van der Waals surface area contributed by atoms with Gasteiger partial charge in [0.15, 0.2) is 0 Å². The summed E-state index contributed by atoms with van der Waals surface area (Å²) >= 11 is 7.23. The van der Waals surface area contributed by atoms with Crippen LogP contribution in [-0.4, -0.2) is 39.5 Å². The van der Waals surface area contributed by atoms with Crippen LogP contribution in [0.1, 0.15) is 67.2 Å². The summed E-state index contributed by atoms with van der Waals surface area (Å²) in [4.78, 5) is 27.3. The fraction of sp³-hybridized carbons (Fsp3) is 0.583. The minimum absolute atomic E-state index is 0.0928. The number of hydrogen-bond acceptors (Lipinski definition) is 5. The van der Waals surface area contributed by atoms with E-state index in [4.69, 9.17) is 11.6 Å². The number of anilines is 1. The Labute approximate surface area is 200 Å². The Morgan fingerprint density at radius 2 is 1.81 bits per heavy atom. The van der Waals surface area contributed by atoms with Crippen molar-refractivity contribution in [2.75, 3.05) is 11.9 Å². The molecule has 0 saturated heterocycles. The molecule has 1 heterocycles. The molecule has 0 unspecified atom stereocenters. The van der Waals surface area contributed by atoms with Crippen LogP contribution in [-0.2, 0) is 9.59 Å². The standard InChI is InChI=1S/C24H35ClN4O2S/c1-7-17(3)29(21(31)14-16(2)15-24(4,5)6)13-12-20(30)26-23-28-27-22(32-23)18-8-10-19(25)11-9-18/h8-11,16-17H,7,12-15H2,1-6H3,(H,26,28,30)/t16-,17-/m1/s1. The van der Waals surface area contributed by atoms with Crippen molar-refractivity contribution in [3.05, 3.63) is 29.3 Å². The molecular weight excluding hydrogens is 444 g/mol. The van der Waals surface area contributed by atoms with Crippen LogP contribution in [0, 0.1) is 11.3 Å². The number of nitrogens with zero attached hydrogens (tertiary/aromatic N) is 3. The summed E-state index contributed by atoms with van der Waals surface area (Å²) in [6.45, 7) is 13.2. The Bertz CT molecular complexity index is 892. The molecule has 2 rings (SSSR count). The van der Waals surface area contributed by atoms with Crippen molar-refractivity contribution in [1.29, 1.82) is 0 Å². The summed E-state index contributed by atoms with van der Waals surface area (Å²) in [7, 11) is 0. The molecule has 1 N–H and O–H groups in total. The van der Waals surface area contributed by atoms with Gasteiger partial charge in [-0.1, -0.05) is 69.7 Å². The second-order valence-corrected chi connectivity index (χ2v) is 11.0. The number of amides is 2. The average Bonchev–Trinajstić information content (AvgIpc) is 3.15. The zero-order chi connectivity index (χ0) is 23.9. The van der Waals surface area contributed by atoms with Gasteiger partial charge >= 0.3 is 0 Å². The molecule has 0 bridgehead atoms. The molecule has 6 nitrogen and oxygen atoms in total. The average molecular weight is 479 g/mol. The molecule has 0 saturated carbocycles. The van der Waals surface area contributed by atoms with Crippen molar-refractivity contribution in [1.82, 2.24) is 15.1 Å². The molecule has 1 aromatic heterocycles. The zero-order valence-corrected chi connectivity index (χ0v) is 21.5. The quantitative estimate of drug-likeness (QED) is 0.436. The lowest BCUT2D eigenvalue weighted by Gasteiger charge is -2.31. The van der Waals surface area contributed by atoms with Crippen LogP contribution in [0.15, 0.2) is 24.3 Å². The van der Waals surface area contributed by atoms with Gasteiger partial charge in [-0.25, -0.2) is 0 Å². The second kappa shape index (κ2) is 11.8. The molecular formula is C24H35ClN4O2S. The van der Waals surface area contributed by atoms with Gasteiger partial charge in [0.05, 0.1) is 0 Å². The highest BCUT2D eigenvalue weighted by molar-refractivity contribution is 7.18. The highest BCUT2D eigenvalue weighted by Gasteiger charge is 2.24. The lowest BCUT2D eigenvalue weighted by molar-refractivity contribution is -0.134. The Balaban J connectivity index is 1.93. The van der Waals surface area contributed by atoms with Crippen molar-refractivity contribution in [3.63, 3.8) is 0 Å². The van der Waals surface area contributed by atoms with Crippen molar-refractivity contribution >= 4 is 39.9 Å². The first-order valence-electron chi connectivity index (χ1n) is 11.2. The van der Waals surface area contributed by atoms with Crippen LogP contribution < -0.4 is 5.32 Å². The molecule has 176 valence electrons. The third-order valence-corrected chi connectivity index (χ3v) is 6.41. The summed E-state index contributed by atoms with van der Waals surface area (Å²) in [6.07, 6.45) is 2.56. The number of carbonyl (C=O) groups is 2. The molecule has 0 spiro atoms. The van der Waals surface area contributed by atoms with E-state index in [-0.39, 0.29) is 29.7 Å². The van der Waals surface area contributed by atoms with Crippen LogP contribution >= 0.6 is 22.9 Å². The number of hydrogen-bond donors (Lipinski definition) is 1. The summed E-state index contributed by atoms with van der Waals surface area (Å²) in [5.41, 5.74) is 1.08. The largest absolute Gasteiger partial charge is 0.339 e. The van der Waals surface area contributed by atoms with Gasteiger partial charge in [0.2, 0.25) is 16.9 Å². The number of rotatable bonds is 10. The zero-order valence-electron chi connectivity index (χ0n) is 19.9. The fourth-order valence-electron chi connectivity index (χ4n) is 3.73. The minimum atomic E-state index is -0.173. The van der Waals surface area contributed by atoms with Gasteiger partial charge in [-0.15, -0.1) is 10.2 Å². The maximum absolute atomic E-state index is 13.0. The number of benzene rings is 1. The normalized spacial score (nSPS) is 13.5. The minimum Gasteiger partial charge on any atom is -0.339 e. The molecule has 0 aliphatic heterocycles. The number of aromatic nitrogens is 2. The van der Waals surface area contributed by atoms with E-state index in [2.05, 4.69) is 50.1 Å². The third kappa shape index (κ3) is 8.51. The van der Waals surface area contributed by atoms with Gasteiger partial charge in [-0.3, -0.25) is 9.59 Å². The molecule has 2 aromatic rings. The van der Waals surface area contributed by atoms with Crippen LogP contribution in [0.4, 0.5) is 5.13 Å². The first-order valence-corrected chi connectivity index (χ1v) is 12.4. The van der Waals surface area contributed by atoms with E-state index in [0.717, 1.165) is 18.4 Å². The Hall–Kier alpha value is -1.99. The van der Waals surface area contributed by atoms with Crippen molar-refractivity contribution in [3.8, 4) is 10.6 Å². The van der Waals surface area contributed by atoms with Gasteiger partial charge < -0.3 is 10.2 Å². The molecule has 8 heteroatoms. The number of halogens is 1. The van der Waals surface area contributed by atoms with Crippen molar-refractivity contribution in [2.24, 2.45) is 11.3 Å². The highest BCUT2D eigenvalue weighted by atomic mass is 35.5. The van der Waals surface area contributed by atoms with Crippen LogP contribution in [0.25, 0.3) is 10.6 Å². The predicted molar refractivity (Wildman–Crippen MR) is 133 cm³/mol. The van der Waals surface area contributed by atoms with E-state index >= 15 is 0 Å². The predicted octanol–water partition coefficient (Wildman–Crippen LogP) is 6.28. The van der Waals surface area contributed by atoms with E-state index in [1.165, 1.54) is 11.3 Å². The molecule has 0 radical (unpaired) electrons. The molecule has 0 aliphatic rings. The second-order valence-electron chi connectivity index (χ2n) is 9.64.